The van der Waals surface area contributed by atoms with Crippen LogP contribution in [0.1, 0.15) is 5.69 Å². The van der Waals surface area contributed by atoms with Gasteiger partial charge in [0.2, 0.25) is 0 Å². The molecule has 0 N–H and O–H groups in total. The molecule has 4 rings (SSSR count). The number of aromatic nitrogens is 2. The van der Waals surface area contributed by atoms with Crippen molar-refractivity contribution >= 4 is 34.3 Å². The molecule has 25 heavy (non-hydrogen) atoms. The summed E-state index contributed by atoms with van der Waals surface area (Å²) in [5, 5.41) is 10.9. The Morgan fingerprint density at radius 1 is 1.16 bits per heavy atom. The van der Waals surface area contributed by atoms with Crippen molar-refractivity contribution in [2.45, 2.75) is 13.0 Å². The predicted molar refractivity (Wildman–Crippen MR) is 100 cm³/mol. The molecule has 0 saturated carbocycles. The van der Waals surface area contributed by atoms with Gasteiger partial charge < -0.3 is 14.5 Å². The van der Waals surface area contributed by atoms with E-state index in [1.54, 1.807) is 0 Å². The number of carbonyl (C=O) groups is 1. The Bertz CT molecular complexity index is 779. The van der Waals surface area contributed by atoms with Crippen LogP contribution in [-0.2, 0) is 9.53 Å². The van der Waals surface area contributed by atoms with Crippen LogP contribution in [0.15, 0.2) is 24.3 Å². The van der Waals surface area contributed by atoms with Crippen LogP contribution in [0.25, 0.3) is 10.8 Å². The minimum absolute atomic E-state index is 0.106. The number of fused-ring (bicyclic) bond motifs is 1. The van der Waals surface area contributed by atoms with E-state index >= 15 is 0 Å². The molecule has 1 aromatic heterocycles. The molecular formula is C18H22N4O2S. The van der Waals surface area contributed by atoms with Crippen molar-refractivity contribution in [3.05, 3.63) is 30.0 Å². The fourth-order valence-corrected chi connectivity index (χ4v) is 4.34. The Kier molecular flexibility index (Phi) is 4.76. The number of hydrogen-bond acceptors (Lipinski definition) is 6. The molecule has 2 aliphatic rings. The van der Waals surface area contributed by atoms with Crippen molar-refractivity contribution in [1.82, 2.24) is 15.1 Å². The summed E-state index contributed by atoms with van der Waals surface area (Å²) in [5.74, 6) is 2.97. The Morgan fingerprint density at radius 3 is 2.72 bits per heavy atom. The highest BCUT2D eigenvalue weighted by molar-refractivity contribution is 7.99. The second-order valence-corrected chi connectivity index (χ2v) is 7.62. The highest BCUT2D eigenvalue weighted by Gasteiger charge is 2.32. The first-order chi connectivity index (χ1) is 12.2. The van der Waals surface area contributed by atoms with E-state index in [4.69, 9.17) is 4.74 Å². The Morgan fingerprint density at radius 2 is 1.92 bits per heavy atom. The number of carbonyl (C=O) groups excluding carboxylic acids is 1. The zero-order chi connectivity index (χ0) is 17.2. The van der Waals surface area contributed by atoms with Gasteiger partial charge in [-0.3, -0.25) is 4.79 Å². The maximum absolute atomic E-state index is 12.8. The van der Waals surface area contributed by atoms with Gasteiger partial charge in [-0.1, -0.05) is 24.3 Å². The van der Waals surface area contributed by atoms with Crippen LogP contribution in [-0.4, -0.2) is 71.4 Å². The normalized spacial score (nSPS) is 21.6. The largest absolute Gasteiger partial charge is 0.365 e. The van der Waals surface area contributed by atoms with Crippen molar-refractivity contribution in [2.75, 3.05) is 49.2 Å². The number of nitrogens with zero attached hydrogens (tertiary/aromatic N) is 4. The van der Waals surface area contributed by atoms with E-state index in [1.165, 1.54) is 0 Å². The maximum Gasteiger partial charge on any atom is 0.253 e. The van der Waals surface area contributed by atoms with Gasteiger partial charge >= 0.3 is 0 Å². The first-order valence-corrected chi connectivity index (χ1v) is 9.84. The molecule has 1 unspecified atom stereocenters. The average molecular weight is 358 g/mol. The second kappa shape index (κ2) is 7.17. The van der Waals surface area contributed by atoms with Gasteiger partial charge in [-0.15, -0.1) is 5.10 Å². The van der Waals surface area contributed by atoms with E-state index in [0.717, 1.165) is 53.4 Å². The summed E-state index contributed by atoms with van der Waals surface area (Å²) in [7, 11) is 0. The van der Waals surface area contributed by atoms with Gasteiger partial charge in [0.15, 0.2) is 11.9 Å². The fraction of sp³-hybridized carbons (Fsp3) is 0.500. The quantitative estimate of drug-likeness (QED) is 0.815. The smallest absolute Gasteiger partial charge is 0.253 e. The van der Waals surface area contributed by atoms with E-state index in [0.29, 0.717) is 13.2 Å². The Balaban J connectivity index is 1.57. The number of rotatable bonds is 2. The van der Waals surface area contributed by atoms with Crippen LogP contribution in [0.2, 0.25) is 0 Å². The van der Waals surface area contributed by atoms with Crippen LogP contribution in [0.3, 0.4) is 0 Å². The van der Waals surface area contributed by atoms with Crippen molar-refractivity contribution in [3.63, 3.8) is 0 Å². The maximum atomic E-state index is 12.8. The molecular weight excluding hydrogens is 336 g/mol. The van der Waals surface area contributed by atoms with Crippen molar-refractivity contribution in [2.24, 2.45) is 0 Å². The highest BCUT2D eigenvalue weighted by atomic mass is 32.2. The summed E-state index contributed by atoms with van der Waals surface area (Å²) in [6.07, 6.45) is -0.418. The third kappa shape index (κ3) is 3.30. The lowest BCUT2D eigenvalue weighted by molar-refractivity contribution is -0.144. The SMILES string of the molecule is Cc1nnc(N2CCOC(C(=O)N3CCSCC3)C2)c2ccccc12. The monoisotopic (exact) mass is 358 g/mol. The number of thioether (sulfide) groups is 1. The average Bonchev–Trinajstić information content (AvgIpc) is 2.69. The zero-order valence-electron chi connectivity index (χ0n) is 14.4. The molecule has 1 amide bonds. The summed E-state index contributed by atoms with van der Waals surface area (Å²) in [6.45, 7) is 5.39. The molecule has 2 aliphatic heterocycles. The summed E-state index contributed by atoms with van der Waals surface area (Å²) in [4.78, 5) is 16.8. The van der Waals surface area contributed by atoms with Crippen LogP contribution >= 0.6 is 11.8 Å². The number of anilines is 1. The summed E-state index contributed by atoms with van der Waals surface area (Å²) in [6, 6.07) is 8.17. The molecule has 132 valence electrons. The summed E-state index contributed by atoms with van der Waals surface area (Å²) >= 11 is 1.90. The van der Waals surface area contributed by atoms with Gasteiger partial charge in [0, 0.05) is 41.9 Å². The van der Waals surface area contributed by atoms with Crippen LogP contribution < -0.4 is 4.90 Å². The highest BCUT2D eigenvalue weighted by Crippen LogP contribution is 2.27. The molecule has 1 aromatic carbocycles. The number of hydrogen-bond donors (Lipinski definition) is 0. The molecule has 6 nitrogen and oxygen atoms in total. The molecule has 2 fully saturated rings. The van der Waals surface area contributed by atoms with Gasteiger partial charge in [0.05, 0.1) is 18.8 Å². The summed E-state index contributed by atoms with van der Waals surface area (Å²) in [5.41, 5.74) is 0.922. The first-order valence-electron chi connectivity index (χ1n) is 8.69. The van der Waals surface area contributed by atoms with E-state index < -0.39 is 6.10 Å². The van der Waals surface area contributed by atoms with Crippen molar-refractivity contribution < 1.29 is 9.53 Å². The van der Waals surface area contributed by atoms with E-state index in [2.05, 4.69) is 27.2 Å². The Labute approximate surface area is 151 Å². The standard InChI is InChI=1S/C18H22N4O2S/c1-13-14-4-2-3-5-15(14)17(20-19-13)22-6-9-24-16(12-22)18(23)21-7-10-25-11-8-21/h2-5,16H,6-12H2,1H3. The van der Waals surface area contributed by atoms with Gasteiger partial charge in [-0.25, -0.2) is 0 Å². The number of ether oxygens (including phenoxy) is 1. The lowest BCUT2D eigenvalue weighted by Crippen LogP contribution is -2.53. The van der Waals surface area contributed by atoms with Gasteiger partial charge in [0.25, 0.3) is 5.91 Å². The molecule has 2 saturated heterocycles. The molecule has 0 spiro atoms. The third-order valence-corrected chi connectivity index (χ3v) is 5.76. The van der Waals surface area contributed by atoms with Crippen molar-refractivity contribution in [3.8, 4) is 0 Å². The van der Waals surface area contributed by atoms with Gasteiger partial charge in [-0.05, 0) is 6.92 Å². The number of amides is 1. The lowest BCUT2D eigenvalue weighted by Gasteiger charge is -2.36. The first kappa shape index (κ1) is 16.6. The van der Waals surface area contributed by atoms with Crippen molar-refractivity contribution in [1.29, 1.82) is 0 Å². The van der Waals surface area contributed by atoms with E-state index in [9.17, 15) is 4.79 Å². The van der Waals surface area contributed by atoms with Crippen LogP contribution in [0.4, 0.5) is 5.82 Å². The molecule has 0 radical (unpaired) electrons. The number of morpholine rings is 1. The molecule has 2 aromatic rings. The van der Waals surface area contributed by atoms with Gasteiger partial charge in [-0.2, -0.15) is 16.9 Å². The molecule has 7 heteroatoms. The fourth-order valence-electron chi connectivity index (χ4n) is 3.44. The lowest BCUT2D eigenvalue weighted by atomic mass is 10.1. The zero-order valence-corrected chi connectivity index (χ0v) is 15.2. The molecule has 3 heterocycles. The molecule has 0 bridgehead atoms. The second-order valence-electron chi connectivity index (χ2n) is 6.40. The number of aryl methyl sites for hydroxylation is 1. The minimum Gasteiger partial charge on any atom is -0.365 e. The van der Waals surface area contributed by atoms with Crippen LogP contribution in [0, 0.1) is 6.92 Å². The van der Waals surface area contributed by atoms with E-state index in [1.807, 2.05) is 35.7 Å². The molecule has 0 aliphatic carbocycles. The Hall–Kier alpha value is -1.86. The topological polar surface area (TPSA) is 58.6 Å². The van der Waals surface area contributed by atoms with Gasteiger partial charge in [0.1, 0.15) is 0 Å². The van der Waals surface area contributed by atoms with Crippen LogP contribution in [0.5, 0.6) is 0 Å². The van der Waals surface area contributed by atoms with E-state index in [-0.39, 0.29) is 5.91 Å². The third-order valence-electron chi connectivity index (χ3n) is 4.82. The predicted octanol–water partition coefficient (Wildman–Crippen LogP) is 1.72. The molecule has 1 atom stereocenters. The minimum atomic E-state index is -0.418. The summed E-state index contributed by atoms with van der Waals surface area (Å²) < 4.78 is 5.79. The number of benzene rings is 1.